The Labute approximate surface area is 169 Å². The Morgan fingerprint density at radius 3 is 2.83 bits per heavy atom. The molecule has 2 aromatic carbocycles. The van der Waals surface area contributed by atoms with E-state index >= 15 is 0 Å². The molecule has 0 fully saturated rings. The molecule has 0 atom stereocenters. The van der Waals surface area contributed by atoms with Crippen LogP contribution in [-0.4, -0.2) is 34.3 Å². The van der Waals surface area contributed by atoms with Crippen LogP contribution in [0.3, 0.4) is 0 Å². The first-order chi connectivity index (χ1) is 14.0. The minimum absolute atomic E-state index is 0.0829. The zero-order chi connectivity index (χ0) is 20.8. The molecule has 0 aliphatic rings. The Bertz CT molecular complexity index is 1080. The summed E-state index contributed by atoms with van der Waals surface area (Å²) >= 11 is 5.67. The van der Waals surface area contributed by atoms with Gasteiger partial charge in [-0.15, -0.1) is 0 Å². The maximum atomic E-state index is 13.8. The smallest absolute Gasteiger partial charge is 0.275 e. The van der Waals surface area contributed by atoms with E-state index in [0.29, 0.717) is 11.3 Å². The highest BCUT2D eigenvalue weighted by molar-refractivity contribution is 6.28. The first-order valence-corrected chi connectivity index (χ1v) is 8.51. The Balaban J connectivity index is 1.77. The number of halogens is 2. The number of ether oxygens (including phenoxy) is 2. The minimum Gasteiger partial charge on any atom is -0.507 e. The second-order valence-electron chi connectivity index (χ2n) is 5.52. The van der Waals surface area contributed by atoms with Crippen molar-refractivity contribution in [2.45, 2.75) is 0 Å². The molecular weight excluding hydrogens is 403 g/mol. The van der Waals surface area contributed by atoms with Gasteiger partial charge in [-0.05, 0) is 47.5 Å². The zero-order valence-electron chi connectivity index (χ0n) is 15.0. The van der Waals surface area contributed by atoms with Crippen molar-refractivity contribution >= 4 is 23.7 Å². The Morgan fingerprint density at radius 2 is 2.07 bits per heavy atom. The molecule has 0 bridgehead atoms. The lowest BCUT2D eigenvalue weighted by Crippen LogP contribution is -2.17. The number of nitrogens with one attached hydrogen (secondary N) is 1. The van der Waals surface area contributed by atoms with Crippen LogP contribution < -0.4 is 14.9 Å². The van der Waals surface area contributed by atoms with E-state index in [9.17, 15) is 14.3 Å². The first kappa shape index (κ1) is 20.0. The summed E-state index contributed by atoms with van der Waals surface area (Å²) in [4.78, 5) is 19.2. The number of hydrazone groups is 1. The van der Waals surface area contributed by atoms with Gasteiger partial charge in [0.1, 0.15) is 5.75 Å². The van der Waals surface area contributed by atoms with Gasteiger partial charge < -0.3 is 14.6 Å². The van der Waals surface area contributed by atoms with Crippen molar-refractivity contribution in [1.29, 1.82) is 0 Å². The van der Waals surface area contributed by atoms with Crippen LogP contribution in [0.1, 0.15) is 15.9 Å². The van der Waals surface area contributed by atoms with Crippen LogP contribution in [0.5, 0.6) is 23.1 Å². The van der Waals surface area contributed by atoms with Gasteiger partial charge in [-0.2, -0.15) is 14.5 Å². The fraction of sp³-hybridized carbons (Fsp3) is 0.0526. The van der Waals surface area contributed by atoms with Crippen LogP contribution in [0.4, 0.5) is 4.39 Å². The summed E-state index contributed by atoms with van der Waals surface area (Å²) in [6.45, 7) is 0. The lowest BCUT2D eigenvalue weighted by Gasteiger charge is -2.10. The number of nitrogens with zero attached hydrogens (tertiary/aromatic N) is 3. The van der Waals surface area contributed by atoms with Crippen LogP contribution in [0.15, 0.2) is 53.8 Å². The molecule has 29 heavy (non-hydrogen) atoms. The SMILES string of the molecule is COc1ccc(/C=N/NC(=O)c2ccccc2O)cc1Oc1nc(Cl)ncc1F. The summed E-state index contributed by atoms with van der Waals surface area (Å²) in [6, 6.07) is 10.8. The number of phenolic OH excluding ortho intramolecular Hbond substituents is 1. The number of hydrogen-bond donors (Lipinski definition) is 2. The molecule has 3 rings (SSSR count). The van der Waals surface area contributed by atoms with Gasteiger partial charge in [-0.1, -0.05) is 12.1 Å². The Hall–Kier alpha value is -3.72. The Kier molecular flexibility index (Phi) is 6.20. The number of benzene rings is 2. The van der Waals surface area contributed by atoms with E-state index in [1.807, 2.05) is 0 Å². The molecule has 0 unspecified atom stereocenters. The topological polar surface area (TPSA) is 106 Å². The third-order valence-corrected chi connectivity index (χ3v) is 3.79. The molecule has 1 heterocycles. The number of methoxy groups -OCH3 is 1. The fourth-order valence-corrected chi connectivity index (χ4v) is 2.38. The number of carbonyl (C=O) groups excluding carboxylic acids is 1. The largest absolute Gasteiger partial charge is 0.507 e. The van der Waals surface area contributed by atoms with E-state index in [4.69, 9.17) is 21.1 Å². The van der Waals surface area contributed by atoms with Crippen molar-refractivity contribution in [3.8, 4) is 23.1 Å². The Morgan fingerprint density at radius 1 is 1.28 bits per heavy atom. The second kappa shape index (κ2) is 8.98. The van der Waals surface area contributed by atoms with E-state index in [1.54, 1.807) is 24.3 Å². The standard InChI is InChI=1S/C19H14ClFN4O4/c1-28-15-7-6-11(8-16(15)29-18-13(21)10-22-19(20)24-18)9-23-25-17(27)12-4-2-3-5-14(12)26/h2-10,26H,1H3,(H,25,27)/b23-9+. The molecule has 0 aliphatic carbocycles. The summed E-state index contributed by atoms with van der Waals surface area (Å²) in [6.07, 6.45) is 2.23. The molecule has 10 heteroatoms. The van der Waals surface area contributed by atoms with E-state index in [2.05, 4.69) is 20.5 Å². The third kappa shape index (κ3) is 4.96. The van der Waals surface area contributed by atoms with E-state index in [-0.39, 0.29) is 28.2 Å². The molecule has 1 amide bonds. The first-order valence-electron chi connectivity index (χ1n) is 8.13. The van der Waals surface area contributed by atoms with Crippen molar-refractivity contribution < 1.29 is 23.8 Å². The molecule has 2 N–H and O–H groups in total. The van der Waals surface area contributed by atoms with Gasteiger partial charge in [0.2, 0.25) is 11.1 Å². The van der Waals surface area contributed by atoms with Gasteiger partial charge in [0.15, 0.2) is 11.5 Å². The number of aromatic nitrogens is 2. The molecule has 3 aromatic rings. The van der Waals surface area contributed by atoms with Gasteiger partial charge in [-0.25, -0.2) is 10.4 Å². The van der Waals surface area contributed by atoms with E-state index < -0.39 is 11.7 Å². The van der Waals surface area contributed by atoms with Gasteiger partial charge >= 0.3 is 0 Å². The number of phenols is 1. The number of rotatable bonds is 6. The van der Waals surface area contributed by atoms with Crippen LogP contribution in [-0.2, 0) is 0 Å². The summed E-state index contributed by atoms with van der Waals surface area (Å²) in [7, 11) is 1.42. The molecule has 1 aromatic heterocycles. The molecule has 8 nitrogen and oxygen atoms in total. The summed E-state index contributed by atoms with van der Waals surface area (Å²) in [5.74, 6) is -1.45. The maximum absolute atomic E-state index is 13.8. The molecule has 0 radical (unpaired) electrons. The summed E-state index contributed by atoms with van der Waals surface area (Å²) < 4.78 is 24.5. The van der Waals surface area contributed by atoms with E-state index in [1.165, 1.54) is 31.5 Å². The zero-order valence-corrected chi connectivity index (χ0v) is 15.7. The highest BCUT2D eigenvalue weighted by Crippen LogP contribution is 2.32. The quantitative estimate of drug-likeness (QED) is 0.361. The van der Waals surface area contributed by atoms with Crippen LogP contribution in [0.2, 0.25) is 5.28 Å². The lowest BCUT2D eigenvalue weighted by atomic mass is 10.2. The molecule has 0 aliphatic heterocycles. The van der Waals surface area contributed by atoms with Gasteiger partial charge in [0, 0.05) is 0 Å². The highest BCUT2D eigenvalue weighted by Gasteiger charge is 2.13. The van der Waals surface area contributed by atoms with Crippen molar-refractivity contribution in [2.75, 3.05) is 7.11 Å². The molecule has 148 valence electrons. The molecular formula is C19H14ClFN4O4. The highest BCUT2D eigenvalue weighted by atomic mass is 35.5. The number of aromatic hydroxyl groups is 1. The summed E-state index contributed by atoms with van der Waals surface area (Å²) in [5.41, 5.74) is 2.90. The van der Waals surface area contributed by atoms with Crippen molar-refractivity contribution in [3.63, 3.8) is 0 Å². The van der Waals surface area contributed by atoms with E-state index in [0.717, 1.165) is 6.20 Å². The second-order valence-corrected chi connectivity index (χ2v) is 5.86. The number of carbonyl (C=O) groups is 1. The van der Waals surface area contributed by atoms with Gasteiger partial charge in [0.25, 0.3) is 11.8 Å². The van der Waals surface area contributed by atoms with Gasteiger partial charge in [0.05, 0.1) is 25.1 Å². The predicted molar refractivity (Wildman–Crippen MR) is 103 cm³/mol. The normalized spacial score (nSPS) is 10.7. The number of hydrogen-bond acceptors (Lipinski definition) is 7. The monoisotopic (exact) mass is 416 g/mol. The fourth-order valence-electron chi connectivity index (χ4n) is 2.25. The third-order valence-electron chi connectivity index (χ3n) is 3.61. The molecule has 0 saturated heterocycles. The number of para-hydroxylation sites is 1. The molecule has 0 saturated carbocycles. The summed E-state index contributed by atoms with van der Waals surface area (Å²) in [5, 5.41) is 13.3. The number of amides is 1. The predicted octanol–water partition coefficient (Wildman–Crippen LogP) is 3.54. The van der Waals surface area contributed by atoms with Crippen LogP contribution in [0, 0.1) is 5.82 Å². The van der Waals surface area contributed by atoms with Crippen molar-refractivity contribution in [3.05, 3.63) is 70.9 Å². The van der Waals surface area contributed by atoms with Crippen molar-refractivity contribution in [1.82, 2.24) is 15.4 Å². The lowest BCUT2D eigenvalue weighted by molar-refractivity contribution is 0.0952. The minimum atomic E-state index is -0.801. The van der Waals surface area contributed by atoms with Gasteiger partial charge in [-0.3, -0.25) is 4.79 Å². The van der Waals surface area contributed by atoms with Crippen molar-refractivity contribution in [2.24, 2.45) is 5.10 Å². The average Bonchev–Trinajstić information content (AvgIpc) is 2.71. The average molecular weight is 417 g/mol. The molecule has 0 spiro atoms. The maximum Gasteiger partial charge on any atom is 0.275 e. The van der Waals surface area contributed by atoms with Crippen LogP contribution in [0.25, 0.3) is 0 Å². The van der Waals surface area contributed by atoms with Crippen LogP contribution >= 0.6 is 11.6 Å².